The number of nitrogens with one attached hydrogen (secondary N) is 1. The van der Waals surface area contributed by atoms with Gasteiger partial charge in [-0.3, -0.25) is 9.78 Å². The van der Waals surface area contributed by atoms with Gasteiger partial charge in [0, 0.05) is 37.1 Å². The Kier molecular flexibility index (Phi) is 4.92. The Balaban J connectivity index is 1.57. The highest BCUT2D eigenvalue weighted by atomic mass is 35.5. The number of hydrogen-bond acceptors (Lipinski definition) is 5. The van der Waals surface area contributed by atoms with Crippen LogP contribution in [0, 0.1) is 11.5 Å². The minimum Gasteiger partial charge on any atom is -0.310 e. The molecule has 0 aromatic carbocycles. The fourth-order valence-corrected chi connectivity index (χ4v) is 2.81. The maximum Gasteiger partial charge on any atom is 0.230 e. The zero-order valence-corrected chi connectivity index (χ0v) is 13.7. The molecule has 1 aliphatic rings. The van der Waals surface area contributed by atoms with Crippen LogP contribution in [-0.2, 0) is 11.2 Å². The summed E-state index contributed by atoms with van der Waals surface area (Å²) in [6, 6.07) is 7.18. The molecule has 3 rings (SSSR count). The second-order valence-corrected chi connectivity index (χ2v) is 6.15. The van der Waals surface area contributed by atoms with Crippen LogP contribution in [0.15, 0.2) is 36.7 Å². The second kappa shape index (κ2) is 7.28. The average Bonchev–Trinajstić information content (AvgIpc) is 3.07. The van der Waals surface area contributed by atoms with E-state index in [1.54, 1.807) is 23.2 Å². The molecule has 1 unspecified atom stereocenters. The molecule has 0 radical (unpaired) electrons. The maximum atomic E-state index is 12.0. The number of carbonyl (C=O) groups excluding carboxylic acids is 1. The Morgan fingerprint density at radius 3 is 2.83 bits per heavy atom. The SMILES string of the molecule is N#CN1CCC(c2ccc(CC(=O)Nc3ccc(Cl)cn3)cn2)C1. The molecule has 1 N–H and O–H groups in total. The number of halogens is 1. The summed E-state index contributed by atoms with van der Waals surface area (Å²) in [6.45, 7) is 1.49. The Morgan fingerprint density at radius 2 is 2.21 bits per heavy atom. The first-order chi connectivity index (χ1) is 11.6. The third-order valence-corrected chi connectivity index (χ3v) is 4.18. The highest BCUT2D eigenvalue weighted by molar-refractivity contribution is 6.30. The van der Waals surface area contributed by atoms with Crippen molar-refractivity contribution in [1.82, 2.24) is 14.9 Å². The first-order valence-electron chi connectivity index (χ1n) is 7.65. The van der Waals surface area contributed by atoms with Gasteiger partial charge in [-0.25, -0.2) is 4.98 Å². The highest BCUT2D eigenvalue weighted by Gasteiger charge is 2.23. The monoisotopic (exact) mass is 341 g/mol. The number of likely N-dealkylation sites (tertiary alicyclic amines) is 1. The molecule has 122 valence electrons. The fourth-order valence-electron chi connectivity index (χ4n) is 2.70. The summed E-state index contributed by atoms with van der Waals surface area (Å²) in [7, 11) is 0. The van der Waals surface area contributed by atoms with Crippen molar-refractivity contribution in [2.45, 2.75) is 18.8 Å². The van der Waals surface area contributed by atoms with Gasteiger partial charge in [-0.1, -0.05) is 17.7 Å². The van der Waals surface area contributed by atoms with Gasteiger partial charge in [0.1, 0.15) is 5.82 Å². The molecule has 3 heterocycles. The summed E-state index contributed by atoms with van der Waals surface area (Å²) >= 11 is 5.76. The molecule has 1 atom stereocenters. The van der Waals surface area contributed by atoms with Crippen molar-refractivity contribution in [3.8, 4) is 6.19 Å². The zero-order valence-electron chi connectivity index (χ0n) is 12.9. The lowest BCUT2D eigenvalue weighted by Crippen LogP contribution is -2.16. The lowest BCUT2D eigenvalue weighted by atomic mass is 10.0. The van der Waals surface area contributed by atoms with Gasteiger partial charge in [0.25, 0.3) is 0 Å². The molecule has 1 fully saturated rings. The van der Waals surface area contributed by atoms with Gasteiger partial charge in [0.05, 0.1) is 11.4 Å². The van der Waals surface area contributed by atoms with Gasteiger partial charge in [-0.05, 0) is 30.2 Å². The molecule has 0 spiro atoms. The fraction of sp³-hybridized carbons (Fsp3) is 0.294. The summed E-state index contributed by atoms with van der Waals surface area (Å²) in [5.41, 5.74) is 1.80. The molecule has 0 aliphatic carbocycles. The molecule has 1 aliphatic heterocycles. The number of amides is 1. The molecule has 1 amide bonds. The number of pyridine rings is 2. The van der Waals surface area contributed by atoms with E-state index in [1.807, 2.05) is 12.1 Å². The Hall–Kier alpha value is -2.65. The van der Waals surface area contributed by atoms with Crippen molar-refractivity contribution < 1.29 is 4.79 Å². The minimum absolute atomic E-state index is 0.157. The Bertz CT molecular complexity index is 754. The standard InChI is InChI=1S/C17H16ClN5O/c18-14-2-4-16(21-9-14)22-17(24)7-12-1-3-15(20-8-12)13-5-6-23(10-13)11-19/h1-4,8-9,13H,5-7,10H2,(H,21,22,24). The molecular weight excluding hydrogens is 326 g/mol. The van der Waals surface area contributed by atoms with E-state index < -0.39 is 0 Å². The van der Waals surface area contributed by atoms with Gasteiger partial charge in [0.2, 0.25) is 5.91 Å². The van der Waals surface area contributed by atoms with Crippen LogP contribution >= 0.6 is 11.6 Å². The molecule has 0 saturated carbocycles. The topological polar surface area (TPSA) is 81.9 Å². The Morgan fingerprint density at radius 1 is 1.33 bits per heavy atom. The van der Waals surface area contributed by atoms with Crippen LogP contribution in [0.5, 0.6) is 0 Å². The number of hydrogen-bond donors (Lipinski definition) is 1. The van der Waals surface area contributed by atoms with Crippen LogP contribution in [0.25, 0.3) is 0 Å². The summed E-state index contributed by atoms with van der Waals surface area (Å²) in [6.07, 6.45) is 6.54. The van der Waals surface area contributed by atoms with E-state index in [0.29, 0.717) is 17.4 Å². The van der Waals surface area contributed by atoms with E-state index in [1.165, 1.54) is 6.20 Å². The normalized spacial score (nSPS) is 16.7. The molecule has 0 bridgehead atoms. The van der Waals surface area contributed by atoms with Gasteiger partial charge in [-0.15, -0.1) is 0 Å². The van der Waals surface area contributed by atoms with E-state index in [0.717, 1.165) is 24.2 Å². The minimum atomic E-state index is -0.157. The van der Waals surface area contributed by atoms with Gasteiger partial charge in [0.15, 0.2) is 6.19 Å². The van der Waals surface area contributed by atoms with Crippen molar-refractivity contribution in [1.29, 1.82) is 5.26 Å². The highest BCUT2D eigenvalue weighted by Crippen LogP contribution is 2.25. The maximum absolute atomic E-state index is 12.0. The zero-order chi connectivity index (χ0) is 16.9. The summed E-state index contributed by atoms with van der Waals surface area (Å²) in [5.74, 6) is 0.596. The van der Waals surface area contributed by atoms with Crippen molar-refractivity contribution in [2.75, 3.05) is 18.4 Å². The summed E-state index contributed by atoms with van der Waals surface area (Å²) < 4.78 is 0. The van der Waals surface area contributed by atoms with E-state index >= 15 is 0 Å². The number of aromatic nitrogens is 2. The average molecular weight is 342 g/mol. The van der Waals surface area contributed by atoms with Crippen LogP contribution in [0.3, 0.4) is 0 Å². The summed E-state index contributed by atoms with van der Waals surface area (Å²) in [4.78, 5) is 22.3. The molecule has 7 heteroatoms. The van der Waals surface area contributed by atoms with Gasteiger partial charge < -0.3 is 10.2 Å². The van der Waals surface area contributed by atoms with Crippen LogP contribution < -0.4 is 5.32 Å². The first-order valence-corrected chi connectivity index (χ1v) is 8.03. The van der Waals surface area contributed by atoms with Gasteiger partial charge in [-0.2, -0.15) is 5.26 Å². The molecular formula is C17H16ClN5O. The third kappa shape index (κ3) is 4.00. The van der Waals surface area contributed by atoms with E-state index in [2.05, 4.69) is 21.5 Å². The number of anilines is 1. The molecule has 24 heavy (non-hydrogen) atoms. The molecule has 6 nitrogen and oxygen atoms in total. The van der Waals surface area contributed by atoms with Crippen LogP contribution in [-0.4, -0.2) is 33.9 Å². The lowest BCUT2D eigenvalue weighted by molar-refractivity contribution is -0.115. The van der Waals surface area contributed by atoms with Crippen LogP contribution in [0.4, 0.5) is 5.82 Å². The summed E-state index contributed by atoms with van der Waals surface area (Å²) in [5, 5.41) is 12.2. The number of carbonyl (C=O) groups is 1. The molecule has 2 aromatic rings. The van der Waals surface area contributed by atoms with Crippen LogP contribution in [0.1, 0.15) is 23.6 Å². The Labute approximate surface area is 145 Å². The number of nitrogens with zero attached hydrogens (tertiary/aromatic N) is 4. The number of rotatable bonds is 4. The molecule has 1 saturated heterocycles. The smallest absolute Gasteiger partial charge is 0.230 e. The van der Waals surface area contributed by atoms with Crippen molar-refractivity contribution in [3.05, 3.63) is 52.9 Å². The second-order valence-electron chi connectivity index (χ2n) is 5.71. The first kappa shape index (κ1) is 16.2. The molecule has 2 aromatic heterocycles. The lowest BCUT2D eigenvalue weighted by Gasteiger charge is -2.10. The quantitative estimate of drug-likeness (QED) is 0.864. The van der Waals surface area contributed by atoms with Crippen LogP contribution in [0.2, 0.25) is 5.02 Å². The predicted octanol–water partition coefficient (Wildman–Crippen LogP) is 2.58. The largest absolute Gasteiger partial charge is 0.310 e. The van der Waals surface area contributed by atoms with E-state index in [9.17, 15) is 4.79 Å². The van der Waals surface area contributed by atoms with Gasteiger partial charge >= 0.3 is 0 Å². The third-order valence-electron chi connectivity index (χ3n) is 3.96. The van der Waals surface area contributed by atoms with Crippen molar-refractivity contribution >= 4 is 23.3 Å². The van der Waals surface area contributed by atoms with E-state index in [4.69, 9.17) is 16.9 Å². The van der Waals surface area contributed by atoms with Crippen molar-refractivity contribution in [2.24, 2.45) is 0 Å². The predicted molar refractivity (Wildman–Crippen MR) is 90.4 cm³/mol. The van der Waals surface area contributed by atoms with Crippen molar-refractivity contribution in [3.63, 3.8) is 0 Å². The van der Waals surface area contributed by atoms with E-state index in [-0.39, 0.29) is 18.2 Å². The number of nitriles is 1.